The van der Waals surface area contributed by atoms with Crippen molar-refractivity contribution in [3.63, 3.8) is 0 Å². The van der Waals surface area contributed by atoms with E-state index in [0.29, 0.717) is 21.2 Å². The van der Waals surface area contributed by atoms with Crippen LogP contribution < -0.4 is 5.32 Å². The number of nitrogens with zero attached hydrogens (tertiary/aromatic N) is 2. The van der Waals surface area contributed by atoms with Crippen LogP contribution in [0.2, 0.25) is 0 Å². The van der Waals surface area contributed by atoms with Crippen LogP contribution >= 0.6 is 27.5 Å². The molecule has 0 radical (unpaired) electrons. The van der Waals surface area contributed by atoms with E-state index < -0.39 is 0 Å². The van der Waals surface area contributed by atoms with Gasteiger partial charge in [0.15, 0.2) is 4.67 Å². The highest BCUT2D eigenvalue weighted by Crippen LogP contribution is 2.19. The predicted octanol–water partition coefficient (Wildman–Crippen LogP) is 2.45. The highest BCUT2D eigenvalue weighted by molar-refractivity contribution is 9.10. The molecular formula is C8H6BrN3O2S. The minimum absolute atomic E-state index is 0.272. The van der Waals surface area contributed by atoms with Crippen LogP contribution in [0.25, 0.3) is 0 Å². The smallest absolute Gasteiger partial charge is 0.261 e. The number of nitrogens with one attached hydrogen (secondary N) is 1. The summed E-state index contributed by atoms with van der Waals surface area (Å²) in [5.41, 5.74) is 0.433. The van der Waals surface area contributed by atoms with E-state index in [9.17, 15) is 4.79 Å². The van der Waals surface area contributed by atoms with E-state index in [1.54, 1.807) is 13.0 Å². The van der Waals surface area contributed by atoms with Gasteiger partial charge in [0.05, 0.1) is 11.8 Å². The van der Waals surface area contributed by atoms with E-state index in [1.165, 1.54) is 6.26 Å². The Kier molecular flexibility index (Phi) is 2.83. The molecule has 0 aliphatic carbocycles. The number of aryl methyl sites for hydroxylation is 1. The SMILES string of the molecule is Cc1nsc(NC(=O)c2ccoc2Br)n1. The molecule has 2 heterocycles. The van der Waals surface area contributed by atoms with Crippen LogP contribution in [0.4, 0.5) is 5.13 Å². The highest BCUT2D eigenvalue weighted by Gasteiger charge is 2.14. The van der Waals surface area contributed by atoms with Crippen molar-refractivity contribution in [2.24, 2.45) is 0 Å². The summed E-state index contributed by atoms with van der Waals surface area (Å²) in [6.45, 7) is 1.76. The molecule has 1 N–H and O–H groups in total. The number of hydrogen-bond acceptors (Lipinski definition) is 5. The van der Waals surface area contributed by atoms with Gasteiger partial charge in [-0.1, -0.05) is 0 Å². The van der Waals surface area contributed by atoms with Gasteiger partial charge < -0.3 is 4.42 Å². The molecule has 0 saturated heterocycles. The summed E-state index contributed by atoms with van der Waals surface area (Å²) in [6, 6.07) is 1.58. The maximum Gasteiger partial charge on any atom is 0.261 e. The van der Waals surface area contributed by atoms with Crippen molar-refractivity contribution >= 4 is 38.5 Å². The topological polar surface area (TPSA) is 68.0 Å². The zero-order valence-corrected chi connectivity index (χ0v) is 10.1. The third-order valence-corrected chi connectivity index (χ3v) is 2.95. The molecule has 0 saturated carbocycles. The largest absolute Gasteiger partial charge is 0.457 e. The van der Waals surface area contributed by atoms with Crippen molar-refractivity contribution in [1.29, 1.82) is 0 Å². The van der Waals surface area contributed by atoms with Gasteiger partial charge in [0.25, 0.3) is 5.91 Å². The third kappa shape index (κ3) is 2.24. The molecule has 0 aliphatic rings. The van der Waals surface area contributed by atoms with Crippen molar-refractivity contribution < 1.29 is 9.21 Å². The molecule has 0 bridgehead atoms. The average Bonchev–Trinajstić information content (AvgIpc) is 2.75. The Morgan fingerprint density at radius 3 is 3.00 bits per heavy atom. The van der Waals surface area contributed by atoms with Gasteiger partial charge in [0, 0.05) is 11.5 Å². The second-order valence-corrected chi connectivity index (χ2v) is 4.18. The van der Waals surface area contributed by atoms with Crippen LogP contribution in [-0.4, -0.2) is 15.3 Å². The fraction of sp³-hybridized carbons (Fsp3) is 0.125. The summed E-state index contributed by atoms with van der Waals surface area (Å²) < 4.78 is 9.31. The number of carbonyl (C=O) groups is 1. The van der Waals surface area contributed by atoms with Gasteiger partial charge in [0.1, 0.15) is 5.82 Å². The second kappa shape index (κ2) is 4.11. The van der Waals surface area contributed by atoms with Gasteiger partial charge in [-0.25, -0.2) is 4.98 Å². The van der Waals surface area contributed by atoms with Crippen molar-refractivity contribution in [2.75, 3.05) is 5.32 Å². The van der Waals surface area contributed by atoms with E-state index in [0.717, 1.165) is 11.5 Å². The lowest BCUT2D eigenvalue weighted by molar-refractivity contribution is 0.102. The van der Waals surface area contributed by atoms with Gasteiger partial charge >= 0.3 is 0 Å². The lowest BCUT2D eigenvalue weighted by Gasteiger charge is -1.97. The number of amides is 1. The lowest BCUT2D eigenvalue weighted by Crippen LogP contribution is -2.11. The van der Waals surface area contributed by atoms with Gasteiger partial charge in [-0.15, -0.1) is 0 Å². The van der Waals surface area contributed by atoms with Crippen LogP contribution in [0.3, 0.4) is 0 Å². The van der Waals surface area contributed by atoms with Crippen molar-refractivity contribution in [3.05, 3.63) is 28.4 Å². The molecule has 2 aromatic heterocycles. The number of aromatic nitrogens is 2. The van der Waals surface area contributed by atoms with E-state index in [4.69, 9.17) is 4.42 Å². The van der Waals surface area contributed by atoms with E-state index in [-0.39, 0.29) is 5.91 Å². The van der Waals surface area contributed by atoms with Gasteiger partial charge in [-0.2, -0.15) is 4.37 Å². The molecule has 0 aliphatic heterocycles. The minimum atomic E-state index is -0.272. The maximum atomic E-state index is 11.6. The van der Waals surface area contributed by atoms with Crippen LogP contribution in [0, 0.1) is 6.92 Å². The zero-order chi connectivity index (χ0) is 10.8. The maximum absolute atomic E-state index is 11.6. The molecule has 2 rings (SSSR count). The summed E-state index contributed by atoms with van der Waals surface area (Å²) in [6.07, 6.45) is 1.43. The quantitative estimate of drug-likeness (QED) is 0.921. The number of rotatable bonds is 2. The number of anilines is 1. The van der Waals surface area contributed by atoms with Gasteiger partial charge in [-0.05, 0) is 28.9 Å². The summed E-state index contributed by atoms with van der Waals surface area (Å²) in [5.74, 6) is 0.369. The minimum Gasteiger partial charge on any atom is -0.457 e. The molecule has 7 heteroatoms. The molecule has 0 fully saturated rings. The van der Waals surface area contributed by atoms with Crippen molar-refractivity contribution in [3.8, 4) is 0 Å². The Hall–Kier alpha value is -1.21. The number of furan rings is 1. The Morgan fingerprint density at radius 2 is 2.47 bits per heavy atom. The van der Waals surface area contributed by atoms with Gasteiger partial charge in [0.2, 0.25) is 5.13 Å². The Balaban J connectivity index is 2.14. The summed E-state index contributed by atoms with van der Waals surface area (Å²) in [7, 11) is 0. The number of carbonyl (C=O) groups excluding carboxylic acids is 1. The summed E-state index contributed by atoms with van der Waals surface area (Å²) >= 11 is 4.27. The molecule has 0 unspecified atom stereocenters. The zero-order valence-electron chi connectivity index (χ0n) is 7.65. The highest BCUT2D eigenvalue weighted by atomic mass is 79.9. The van der Waals surface area contributed by atoms with E-state index in [2.05, 4.69) is 30.6 Å². The van der Waals surface area contributed by atoms with Crippen LogP contribution in [0.15, 0.2) is 21.4 Å². The summed E-state index contributed by atoms with van der Waals surface area (Å²) in [5, 5.41) is 3.10. The van der Waals surface area contributed by atoms with Gasteiger partial charge in [-0.3, -0.25) is 10.1 Å². The normalized spacial score (nSPS) is 10.3. The first-order valence-corrected chi connectivity index (χ1v) is 5.58. The first-order chi connectivity index (χ1) is 7.16. The van der Waals surface area contributed by atoms with Crippen LogP contribution in [-0.2, 0) is 0 Å². The molecular weight excluding hydrogens is 282 g/mol. The Morgan fingerprint density at radius 1 is 1.67 bits per heavy atom. The predicted molar refractivity (Wildman–Crippen MR) is 59.0 cm³/mol. The molecule has 78 valence electrons. The Bertz CT molecular complexity index is 494. The standard InChI is InChI=1S/C8H6BrN3O2S/c1-4-10-8(15-12-4)11-7(13)5-2-3-14-6(5)9/h2-3H,1H3,(H,10,11,12,13). The monoisotopic (exact) mass is 287 g/mol. The molecule has 0 atom stereocenters. The third-order valence-electron chi connectivity index (χ3n) is 1.61. The lowest BCUT2D eigenvalue weighted by atomic mass is 10.3. The second-order valence-electron chi connectivity index (χ2n) is 2.71. The number of hydrogen-bond donors (Lipinski definition) is 1. The fourth-order valence-electron chi connectivity index (χ4n) is 0.968. The fourth-order valence-corrected chi connectivity index (χ4v) is 1.96. The number of halogens is 1. The van der Waals surface area contributed by atoms with Crippen LogP contribution in [0.1, 0.15) is 16.2 Å². The van der Waals surface area contributed by atoms with E-state index in [1.807, 2.05) is 0 Å². The van der Waals surface area contributed by atoms with Crippen molar-refractivity contribution in [1.82, 2.24) is 9.36 Å². The molecule has 0 aromatic carbocycles. The molecule has 2 aromatic rings. The summed E-state index contributed by atoms with van der Waals surface area (Å²) in [4.78, 5) is 15.7. The molecule has 1 amide bonds. The molecule has 15 heavy (non-hydrogen) atoms. The average molecular weight is 288 g/mol. The van der Waals surface area contributed by atoms with Crippen LogP contribution in [0.5, 0.6) is 0 Å². The van der Waals surface area contributed by atoms with Crippen molar-refractivity contribution in [2.45, 2.75) is 6.92 Å². The first kappa shape index (κ1) is 10.3. The first-order valence-electron chi connectivity index (χ1n) is 4.01. The molecule has 0 spiro atoms. The van der Waals surface area contributed by atoms with E-state index >= 15 is 0 Å². The molecule has 5 nitrogen and oxygen atoms in total. The Labute approximate surface area is 97.8 Å².